The predicted octanol–water partition coefficient (Wildman–Crippen LogP) is 4.69. The molecule has 2 aromatic rings. The number of benzene rings is 2. The van der Waals surface area contributed by atoms with E-state index in [2.05, 4.69) is 60.4 Å². The zero-order valence-electron chi connectivity index (χ0n) is 14.9. The molecular formula is C23H25NO. The number of fused-ring (bicyclic) bond motifs is 1. The molecule has 0 aromatic heterocycles. The average molecular weight is 331 g/mol. The molecule has 6 rings (SSSR count). The Morgan fingerprint density at radius 2 is 1.40 bits per heavy atom. The van der Waals surface area contributed by atoms with Crippen molar-refractivity contribution in [3.05, 3.63) is 70.8 Å². The van der Waals surface area contributed by atoms with Crippen LogP contribution >= 0.6 is 0 Å². The highest BCUT2D eigenvalue weighted by Gasteiger charge is 2.54. The van der Waals surface area contributed by atoms with Crippen LogP contribution in [0.25, 0.3) is 0 Å². The fourth-order valence-corrected chi connectivity index (χ4v) is 5.63. The van der Waals surface area contributed by atoms with Crippen molar-refractivity contribution in [3.63, 3.8) is 0 Å². The topological polar surface area (TPSA) is 20.3 Å². The van der Waals surface area contributed by atoms with Gasteiger partial charge in [0, 0.05) is 24.9 Å². The van der Waals surface area contributed by atoms with Crippen LogP contribution in [0.1, 0.15) is 66.7 Å². The van der Waals surface area contributed by atoms with E-state index in [0.717, 1.165) is 32.4 Å². The molecule has 0 saturated carbocycles. The predicted molar refractivity (Wildman–Crippen MR) is 99.7 cm³/mol. The Bertz CT molecular complexity index is 788. The highest BCUT2D eigenvalue weighted by atomic mass is 16.2. The third-order valence-corrected chi connectivity index (χ3v) is 6.76. The minimum Gasteiger partial charge on any atom is -0.342 e. The lowest BCUT2D eigenvalue weighted by atomic mass is 9.52. The number of hydrogen-bond acceptors (Lipinski definition) is 1. The van der Waals surface area contributed by atoms with Crippen molar-refractivity contribution in [2.24, 2.45) is 5.41 Å². The second-order valence-corrected chi connectivity index (χ2v) is 8.22. The first-order chi connectivity index (χ1) is 12.2. The van der Waals surface area contributed by atoms with E-state index in [1.807, 2.05) is 0 Å². The van der Waals surface area contributed by atoms with Gasteiger partial charge in [-0.05, 0) is 54.9 Å². The van der Waals surface area contributed by atoms with Crippen LogP contribution in [0.4, 0.5) is 0 Å². The monoisotopic (exact) mass is 331 g/mol. The smallest absolute Gasteiger partial charge is 0.229 e. The maximum Gasteiger partial charge on any atom is 0.229 e. The van der Waals surface area contributed by atoms with Crippen molar-refractivity contribution < 1.29 is 4.79 Å². The molecule has 0 N–H and O–H groups in total. The molecule has 1 atom stereocenters. The molecule has 0 radical (unpaired) electrons. The summed E-state index contributed by atoms with van der Waals surface area (Å²) in [5.74, 6) is 0.932. The maximum atomic E-state index is 13.6. The number of carbonyl (C=O) groups excluding carboxylic acids is 1. The summed E-state index contributed by atoms with van der Waals surface area (Å²) < 4.78 is 0. The normalized spacial score (nSPS) is 29.9. The lowest BCUT2D eigenvalue weighted by Crippen LogP contribution is -2.52. The zero-order chi connectivity index (χ0) is 17.0. The van der Waals surface area contributed by atoms with Gasteiger partial charge in [-0.25, -0.2) is 0 Å². The summed E-state index contributed by atoms with van der Waals surface area (Å²) >= 11 is 0. The highest BCUT2D eigenvalue weighted by molar-refractivity contribution is 5.86. The van der Waals surface area contributed by atoms with Gasteiger partial charge < -0.3 is 4.90 Å². The van der Waals surface area contributed by atoms with Gasteiger partial charge in [-0.15, -0.1) is 0 Å². The van der Waals surface area contributed by atoms with E-state index in [1.54, 1.807) is 0 Å². The molecule has 2 aromatic carbocycles. The Kier molecular flexibility index (Phi) is 3.31. The number of carbonyl (C=O) groups is 1. The van der Waals surface area contributed by atoms with E-state index < -0.39 is 0 Å². The molecule has 1 unspecified atom stereocenters. The van der Waals surface area contributed by atoms with Gasteiger partial charge in [0.15, 0.2) is 0 Å². The number of rotatable bonds is 1. The van der Waals surface area contributed by atoms with E-state index in [-0.39, 0.29) is 11.3 Å². The van der Waals surface area contributed by atoms with Gasteiger partial charge >= 0.3 is 0 Å². The summed E-state index contributed by atoms with van der Waals surface area (Å²) in [7, 11) is 0. The SMILES string of the molecule is CC1(C(=O)N2CCCCC2)CC2c3ccccc3C1c1ccccc12. The molecule has 128 valence electrons. The van der Waals surface area contributed by atoms with Crippen molar-refractivity contribution in [3.8, 4) is 0 Å². The molecule has 4 aliphatic rings. The van der Waals surface area contributed by atoms with E-state index in [9.17, 15) is 4.79 Å². The van der Waals surface area contributed by atoms with Crippen molar-refractivity contribution in [1.82, 2.24) is 4.90 Å². The summed E-state index contributed by atoms with van der Waals surface area (Å²) in [6, 6.07) is 17.6. The van der Waals surface area contributed by atoms with Gasteiger partial charge in [-0.2, -0.15) is 0 Å². The number of amides is 1. The van der Waals surface area contributed by atoms with Crippen LogP contribution in [-0.4, -0.2) is 23.9 Å². The van der Waals surface area contributed by atoms with Crippen LogP contribution in [-0.2, 0) is 4.79 Å². The van der Waals surface area contributed by atoms with Crippen LogP contribution in [0, 0.1) is 5.41 Å². The lowest BCUT2D eigenvalue weighted by molar-refractivity contribution is -0.144. The molecule has 1 amide bonds. The van der Waals surface area contributed by atoms with E-state index in [1.165, 1.54) is 28.7 Å². The first kappa shape index (κ1) is 15.2. The Hall–Kier alpha value is -2.09. The number of nitrogens with zero attached hydrogens (tertiary/aromatic N) is 1. The van der Waals surface area contributed by atoms with Gasteiger partial charge in [0.1, 0.15) is 0 Å². The Balaban J connectivity index is 1.65. The molecule has 1 fully saturated rings. The van der Waals surface area contributed by atoms with Crippen LogP contribution in [0.5, 0.6) is 0 Å². The van der Waals surface area contributed by atoms with Gasteiger partial charge in [0.25, 0.3) is 0 Å². The standard InChI is InChI=1S/C23H25NO/c1-23(22(25)24-13-7-2-8-14-24)15-20-16-9-3-5-11-18(16)21(23)19-12-6-4-10-17(19)20/h3-6,9-12,20-21H,2,7-8,13-15H2,1H3. The fourth-order valence-electron chi connectivity index (χ4n) is 5.63. The van der Waals surface area contributed by atoms with Gasteiger partial charge in [-0.1, -0.05) is 48.5 Å². The van der Waals surface area contributed by atoms with Crippen molar-refractivity contribution in [2.45, 2.75) is 44.4 Å². The zero-order valence-corrected chi connectivity index (χ0v) is 14.9. The first-order valence-electron chi connectivity index (χ1n) is 9.67. The summed E-state index contributed by atoms with van der Waals surface area (Å²) in [6.07, 6.45) is 4.52. The van der Waals surface area contributed by atoms with Crippen LogP contribution in [0.3, 0.4) is 0 Å². The summed E-state index contributed by atoms with van der Waals surface area (Å²) in [6.45, 7) is 4.11. The van der Waals surface area contributed by atoms with Crippen LogP contribution in [0.2, 0.25) is 0 Å². The van der Waals surface area contributed by atoms with Crippen LogP contribution in [0.15, 0.2) is 48.5 Å². The Labute approximate surface area is 149 Å². The molecule has 25 heavy (non-hydrogen) atoms. The van der Waals surface area contributed by atoms with Crippen LogP contribution < -0.4 is 0 Å². The van der Waals surface area contributed by atoms with Gasteiger partial charge in [0.05, 0.1) is 5.41 Å². The van der Waals surface area contributed by atoms with E-state index in [4.69, 9.17) is 0 Å². The minimum absolute atomic E-state index is 0.194. The third kappa shape index (κ3) is 2.06. The second kappa shape index (κ2) is 5.45. The molecule has 2 heteroatoms. The Morgan fingerprint density at radius 1 is 0.880 bits per heavy atom. The quantitative estimate of drug-likeness (QED) is 0.742. The summed E-state index contributed by atoms with van der Waals surface area (Å²) in [5.41, 5.74) is 5.32. The largest absolute Gasteiger partial charge is 0.342 e. The third-order valence-electron chi connectivity index (χ3n) is 6.76. The maximum absolute atomic E-state index is 13.6. The van der Waals surface area contributed by atoms with Gasteiger partial charge in [-0.3, -0.25) is 4.79 Å². The van der Waals surface area contributed by atoms with E-state index in [0.29, 0.717) is 11.8 Å². The number of hydrogen-bond donors (Lipinski definition) is 0. The molecule has 1 aliphatic heterocycles. The molecule has 1 heterocycles. The summed E-state index contributed by atoms with van der Waals surface area (Å²) in [5, 5.41) is 0. The molecule has 3 aliphatic carbocycles. The Morgan fingerprint density at radius 3 is 1.96 bits per heavy atom. The lowest BCUT2D eigenvalue weighted by Gasteiger charge is -2.52. The first-order valence-corrected chi connectivity index (χ1v) is 9.67. The average Bonchev–Trinajstić information content (AvgIpc) is 2.68. The highest BCUT2D eigenvalue weighted by Crippen LogP contribution is 2.61. The van der Waals surface area contributed by atoms with E-state index >= 15 is 0 Å². The van der Waals surface area contributed by atoms with Gasteiger partial charge in [0.2, 0.25) is 5.91 Å². The number of likely N-dealkylation sites (tertiary alicyclic amines) is 1. The van der Waals surface area contributed by atoms with Crippen molar-refractivity contribution in [1.29, 1.82) is 0 Å². The van der Waals surface area contributed by atoms with Crippen molar-refractivity contribution in [2.75, 3.05) is 13.1 Å². The number of piperidine rings is 1. The molecule has 1 saturated heterocycles. The molecule has 2 bridgehead atoms. The van der Waals surface area contributed by atoms with Crippen molar-refractivity contribution >= 4 is 5.91 Å². The summed E-state index contributed by atoms with van der Waals surface area (Å²) in [4.78, 5) is 15.8. The molecule has 2 nitrogen and oxygen atoms in total. The molecule has 0 spiro atoms. The molecular weight excluding hydrogens is 306 g/mol. The second-order valence-electron chi connectivity index (χ2n) is 8.22. The fraction of sp³-hybridized carbons (Fsp3) is 0.435. The minimum atomic E-state index is -0.315.